The van der Waals surface area contributed by atoms with Crippen molar-refractivity contribution in [3.8, 4) is 0 Å². The molecule has 0 rings (SSSR count). The SMILES string of the molecule is CCOC=NC(=O)C(Cl)(Cl)Cl. The van der Waals surface area contributed by atoms with Crippen LogP contribution < -0.4 is 0 Å². The standard InChI is InChI=1S/C5H6Cl3NO2/c1-2-11-3-9-4(10)5(6,7)8/h3H,2H2,1H3. The van der Waals surface area contributed by atoms with Crippen LogP contribution in [0.3, 0.4) is 0 Å². The van der Waals surface area contributed by atoms with Crippen molar-refractivity contribution >= 4 is 47.1 Å². The van der Waals surface area contributed by atoms with Crippen LogP contribution in [-0.4, -0.2) is 22.7 Å². The Hall–Kier alpha value is 0.01000. The average Bonchev–Trinajstić information content (AvgIpc) is 1.86. The number of halogens is 3. The molecule has 0 saturated carbocycles. The number of hydrogen-bond donors (Lipinski definition) is 0. The summed E-state index contributed by atoms with van der Waals surface area (Å²) in [7, 11) is 0. The minimum atomic E-state index is -1.99. The van der Waals surface area contributed by atoms with E-state index in [1.54, 1.807) is 6.92 Å². The van der Waals surface area contributed by atoms with Gasteiger partial charge < -0.3 is 4.74 Å². The number of carbonyl (C=O) groups excluding carboxylic acids is 1. The molecule has 64 valence electrons. The van der Waals surface area contributed by atoms with Gasteiger partial charge in [0.25, 0.3) is 3.79 Å². The molecule has 1 amide bonds. The lowest BCUT2D eigenvalue weighted by molar-refractivity contribution is -0.117. The van der Waals surface area contributed by atoms with Crippen molar-refractivity contribution in [2.24, 2.45) is 4.99 Å². The summed E-state index contributed by atoms with van der Waals surface area (Å²) in [6.07, 6.45) is 0.949. The number of amides is 1. The molecule has 0 saturated heterocycles. The molecule has 11 heavy (non-hydrogen) atoms. The Morgan fingerprint density at radius 3 is 2.55 bits per heavy atom. The molecule has 3 nitrogen and oxygen atoms in total. The third-order valence-electron chi connectivity index (χ3n) is 0.654. The zero-order valence-electron chi connectivity index (χ0n) is 5.68. The topological polar surface area (TPSA) is 38.7 Å². The number of rotatable bonds is 2. The van der Waals surface area contributed by atoms with Crippen LogP contribution >= 0.6 is 34.8 Å². The van der Waals surface area contributed by atoms with Crippen LogP contribution in [0.1, 0.15) is 6.92 Å². The Labute approximate surface area is 79.3 Å². The normalized spacial score (nSPS) is 12.0. The van der Waals surface area contributed by atoms with Crippen LogP contribution in [0.5, 0.6) is 0 Å². The molecule has 0 aliphatic rings. The number of alkyl halides is 3. The third-order valence-corrected chi connectivity index (χ3v) is 1.14. The molecular formula is C5H6Cl3NO2. The number of aliphatic imine (C=N–C) groups is 1. The van der Waals surface area contributed by atoms with Crippen molar-refractivity contribution in [1.82, 2.24) is 0 Å². The first-order valence-corrected chi connectivity index (χ1v) is 3.87. The molecule has 0 aliphatic heterocycles. The van der Waals surface area contributed by atoms with E-state index in [9.17, 15) is 4.79 Å². The quantitative estimate of drug-likeness (QED) is 0.404. The average molecular weight is 218 g/mol. The molecule has 0 aliphatic carbocycles. The summed E-state index contributed by atoms with van der Waals surface area (Å²) in [6.45, 7) is 2.16. The van der Waals surface area contributed by atoms with Gasteiger partial charge in [-0.25, -0.2) is 0 Å². The molecule has 0 aromatic carbocycles. The largest absolute Gasteiger partial charge is 0.483 e. The maximum Gasteiger partial charge on any atom is 0.300 e. The van der Waals surface area contributed by atoms with Crippen molar-refractivity contribution in [3.05, 3.63) is 0 Å². The Balaban J connectivity index is 3.88. The zero-order chi connectivity index (χ0) is 8.91. The Morgan fingerprint density at radius 2 is 2.18 bits per heavy atom. The minimum Gasteiger partial charge on any atom is -0.483 e. The van der Waals surface area contributed by atoms with Gasteiger partial charge in [0.05, 0.1) is 6.61 Å². The summed E-state index contributed by atoms with van der Waals surface area (Å²) in [6, 6.07) is 0. The maximum atomic E-state index is 10.7. The molecular weight excluding hydrogens is 212 g/mol. The van der Waals surface area contributed by atoms with E-state index in [-0.39, 0.29) is 0 Å². The zero-order valence-corrected chi connectivity index (χ0v) is 7.95. The molecule has 0 aromatic heterocycles. The fraction of sp³-hybridized carbons (Fsp3) is 0.600. The Bertz CT molecular complexity index is 164. The molecule has 6 heteroatoms. The second-order valence-electron chi connectivity index (χ2n) is 1.49. The maximum absolute atomic E-state index is 10.7. The highest BCUT2D eigenvalue weighted by atomic mass is 35.6. The molecule has 0 bridgehead atoms. The lowest BCUT2D eigenvalue weighted by atomic mass is 10.7. The number of nitrogens with zero attached hydrogens (tertiary/aromatic N) is 1. The van der Waals surface area contributed by atoms with Crippen LogP contribution in [0.15, 0.2) is 4.99 Å². The Morgan fingerprint density at radius 1 is 1.64 bits per heavy atom. The van der Waals surface area contributed by atoms with Crippen LogP contribution in [0.2, 0.25) is 0 Å². The van der Waals surface area contributed by atoms with E-state index in [4.69, 9.17) is 34.8 Å². The van der Waals surface area contributed by atoms with Gasteiger partial charge in [-0.3, -0.25) is 4.79 Å². The summed E-state index contributed by atoms with van der Waals surface area (Å²) in [4.78, 5) is 13.9. The van der Waals surface area contributed by atoms with E-state index in [2.05, 4.69) is 9.73 Å². The summed E-state index contributed by atoms with van der Waals surface area (Å²) in [5.41, 5.74) is 0. The van der Waals surface area contributed by atoms with Gasteiger partial charge in [-0.2, -0.15) is 4.99 Å². The summed E-state index contributed by atoms with van der Waals surface area (Å²) in [5.74, 6) is -0.865. The molecule has 0 spiro atoms. The van der Waals surface area contributed by atoms with Gasteiger partial charge in [-0.15, -0.1) is 0 Å². The monoisotopic (exact) mass is 217 g/mol. The van der Waals surface area contributed by atoms with E-state index in [1.165, 1.54) is 0 Å². The van der Waals surface area contributed by atoms with Gasteiger partial charge in [-0.1, -0.05) is 34.8 Å². The fourth-order valence-electron chi connectivity index (χ4n) is 0.233. The van der Waals surface area contributed by atoms with Crippen LogP contribution in [-0.2, 0) is 9.53 Å². The predicted octanol–water partition coefficient (Wildman–Crippen LogP) is 1.95. The summed E-state index contributed by atoms with van der Waals surface area (Å²) < 4.78 is 2.62. The van der Waals surface area contributed by atoms with Gasteiger partial charge in [0.1, 0.15) is 0 Å². The molecule has 0 radical (unpaired) electrons. The predicted molar refractivity (Wildman–Crippen MR) is 45.4 cm³/mol. The van der Waals surface area contributed by atoms with E-state index < -0.39 is 9.70 Å². The van der Waals surface area contributed by atoms with Crippen molar-refractivity contribution in [2.45, 2.75) is 10.7 Å². The van der Waals surface area contributed by atoms with Gasteiger partial charge in [0.2, 0.25) is 0 Å². The lowest BCUT2D eigenvalue weighted by Crippen LogP contribution is -2.16. The lowest BCUT2D eigenvalue weighted by Gasteiger charge is -2.02. The van der Waals surface area contributed by atoms with Crippen molar-refractivity contribution < 1.29 is 9.53 Å². The third kappa shape index (κ3) is 5.30. The fourth-order valence-corrected chi connectivity index (χ4v) is 0.379. The van der Waals surface area contributed by atoms with Crippen molar-refractivity contribution in [1.29, 1.82) is 0 Å². The second kappa shape index (κ2) is 4.80. The van der Waals surface area contributed by atoms with Gasteiger partial charge in [0.15, 0.2) is 6.40 Å². The van der Waals surface area contributed by atoms with Gasteiger partial charge >= 0.3 is 5.91 Å². The van der Waals surface area contributed by atoms with Crippen LogP contribution in [0.4, 0.5) is 0 Å². The molecule has 0 fully saturated rings. The van der Waals surface area contributed by atoms with Gasteiger partial charge in [0, 0.05) is 0 Å². The number of ether oxygens (including phenoxy) is 1. The molecule has 0 unspecified atom stereocenters. The van der Waals surface area contributed by atoms with Crippen molar-refractivity contribution in [2.75, 3.05) is 6.61 Å². The highest BCUT2D eigenvalue weighted by molar-refractivity contribution is 6.76. The summed E-state index contributed by atoms with van der Waals surface area (Å²) in [5, 5.41) is 0. The molecule has 0 aromatic rings. The highest BCUT2D eigenvalue weighted by Crippen LogP contribution is 2.27. The smallest absolute Gasteiger partial charge is 0.300 e. The first-order valence-electron chi connectivity index (χ1n) is 2.73. The highest BCUT2D eigenvalue weighted by Gasteiger charge is 2.29. The first-order chi connectivity index (χ1) is 4.98. The van der Waals surface area contributed by atoms with Gasteiger partial charge in [-0.05, 0) is 6.92 Å². The minimum absolute atomic E-state index is 0.413. The second-order valence-corrected chi connectivity index (χ2v) is 3.77. The van der Waals surface area contributed by atoms with E-state index in [0.29, 0.717) is 6.61 Å². The van der Waals surface area contributed by atoms with E-state index >= 15 is 0 Å². The number of hydrogen-bond acceptors (Lipinski definition) is 2. The molecule has 0 atom stereocenters. The summed E-state index contributed by atoms with van der Waals surface area (Å²) >= 11 is 15.5. The molecule has 0 N–H and O–H groups in total. The first kappa shape index (κ1) is 11.0. The van der Waals surface area contributed by atoms with E-state index in [1.807, 2.05) is 0 Å². The molecule has 0 heterocycles. The Kier molecular flexibility index (Phi) is 4.81. The number of carbonyl (C=O) groups is 1. The van der Waals surface area contributed by atoms with Crippen LogP contribution in [0, 0.1) is 0 Å². The van der Waals surface area contributed by atoms with Crippen LogP contribution in [0.25, 0.3) is 0 Å². The van der Waals surface area contributed by atoms with E-state index in [0.717, 1.165) is 6.40 Å². The van der Waals surface area contributed by atoms with Crippen molar-refractivity contribution in [3.63, 3.8) is 0 Å².